The zero-order valence-electron chi connectivity index (χ0n) is 29.7. The summed E-state index contributed by atoms with van der Waals surface area (Å²) in [7, 11) is 0. The Morgan fingerprint density at radius 3 is 2.02 bits per heavy atom. The summed E-state index contributed by atoms with van der Waals surface area (Å²) in [6.45, 7) is 19.7. The number of carboxylic acid groups (broad SMARTS) is 1. The highest BCUT2D eigenvalue weighted by Crippen LogP contribution is 2.33. The highest BCUT2D eigenvalue weighted by Gasteiger charge is 2.29. The number of aryl methyl sites for hydroxylation is 1. The van der Waals surface area contributed by atoms with Gasteiger partial charge in [0.25, 0.3) is 5.56 Å². The first kappa shape index (κ1) is 38.3. The molecule has 2 aromatic heterocycles. The maximum Gasteiger partial charge on any atom is 0.335 e. The van der Waals surface area contributed by atoms with E-state index in [9.17, 15) is 14.7 Å². The maximum atomic E-state index is 15.0. The summed E-state index contributed by atoms with van der Waals surface area (Å²) in [5.41, 5.74) is 0.675. The van der Waals surface area contributed by atoms with Crippen LogP contribution in [0.15, 0.2) is 53.3 Å². The molecule has 0 radical (unpaired) electrons. The number of likely N-dealkylation sites (tertiary alicyclic amines) is 1. The van der Waals surface area contributed by atoms with Crippen molar-refractivity contribution in [2.24, 2.45) is 5.92 Å². The average Bonchev–Trinajstić information content (AvgIpc) is 3.12. The highest BCUT2D eigenvalue weighted by atomic mass is 19.1. The van der Waals surface area contributed by atoms with Crippen molar-refractivity contribution in [2.45, 2.75) is 87.1 Å². The fraction of sp³-hybridized carbons (Fsp3) is 0.474. The number of fused-ring (bicyclic) bond motifs is 1. The molecule has 48 heavy (non-hydrogen) atoms. The first-order valence-corrected chi connectivity index (χ1v) is 17.4. The van der Waals surface area contributed by atoms with E-state index in [1.807, 2.05) is 53.4 Å². The Labute approximate surface area is 283 Å². The van der Waals surface area contributed by atoms with E-state index in [4.69, 9.17) is 9.97 Å². The van der Waals surface area contributed by atoms with E-state index < -0.39 is 28.9 Å². The second kappa shape index (κ2) is 17.8. The van der Waals surface area contributed by atoms with Crippen LogP contribution in [0.4, 0.5) is 14.7 Å². The van der Waals surface area contributed by atoms with Crippen LogP contribution in [0.1, 0.15) is 90.1 Å². The topological polar surface area (TPSA) is 91.6 Å². The van der Waals surface area contributed by atoms with Crippen molar-refractivity contribution in [2.75, 3.05) is 31.1 Å². The molecule has 4 heterocycles. The molecule has 1 N–H and O–H groups in total. The molecule has 0 bridgehead atoms. The average molecular weight is 664 g/mol. The van der Waals surface area contributed by atoms with Crippen LogP contribution in [0.2, 0.25) is 0 Å². The Kier molecular flexibility index (Phi) is 14.2. The molecule has 8 nitrogen and oxygen atoms in total. The zero-order chi connectivity index (χ0) is 35.5. The standard InChI is InChI=1S/C32H33F2N5O3.3C2H6/c1-19-10-14-37(15-11-19)22-12-16-38(17-13-22)32-35-28(24-18-21(31(41)42)7-6-20(24)2)23-8-9-27(40)39(30(23)36-32)29-25(33)4-3-5-26(29)34;3*1-2/h3-9,18-19,22H,10-17H2,1-2H3,(H,41,42);3*1-2H3. The number of aromatic carboxylic acids is 1. The van der Waals surface area contributed by atoms with Gasteiger partial charge in [-0.1, -0.05) is 60.6 Å². The molecule has 6 rings (SSSR count). The number of carboxylic acids is 1. The molecular formula is C38H51F2N5O3. The molecule has 0 aliphatic carbocycles. The Balaban J connectivity index is 0.000000987. The smallest absolute Gasteiger partial charge is 0.335 e. The monoisotopic (exact) mass is 663 g/mol. The molecule has 2 saturated heterocycles. The molecular weight excluding hydrogens is 612 g/mol. The third kappa shape index (κ3) is 8.27. The van der Waals surface area contributed by atoms with Crippen LogP contribution in [-0.4, -0.2) is 62.7 Å². The van der Waals surface area contributed by atoms with Gasteiger partial charge in [-0.05, 0) is 87.5 Å². The van der Waals surface area contributed by atoms with Gasteiger partial charge < -0.3 is 14.9 Å². The number of aromatic nitrogens is 3. The molecule has 260 valence electrons. The van der Waals surface area contributed by atoms with Gasteiger partial charge in [0.2, 0.25) is 5.95 Å². The summed E-state index contributed by atoms with van der Waals surface area (Å²) in [6.07, 6.45) is 4.25. The number of para-hydroxylation sites is 1. The molecule has 2 aromatic carbocycles. The number of rotatable bonds is 5. The maximum absolute atomic E-state index is 15.0. The van der Waals surface area contributed by atoms with Crippen LogP contribution in [-0.2, 0) is 0 Å². The summed E-state index contributed by atoms with van der Waals surface area (Å²) < 4.78 is 31.0. The minimum Gasteiger partial charge on any atom is -0.478 e. The van der Waals surface area contributed by atoms with Gasteiger partial charge in [0.15, 0.2) is 5.65 Å². The van der Waals surface area contributed by atoms with E-state index in [0.717, 1.165) is 54.1 Å². The molecule has 0 saturated carbocycles. The lowest BCUT2D eigenvalue weighted by atomic mass is 9.95. The second-order valence-electron chi connectivity index (χ2n) is 11.5. The van der Waals surface area contributed by atoms with Gasteiger partial charge in [0, 0.05) is 36.1 Å². The predicted molar refractivity (Wildman–Crippen MR) is 191 cm³/mol. The molecule has 2 fully saturated rings. The third-order valence-electron chi connectivity index (χ3n) is 8.72. The van der Waals surface area contributed by atoms with Crippen molar-refractivity contribution in [1.82, 2.24) is 19.4 Å². The fourth-order valence-electron chi connectivity index (χ4n) is 6.20. The van der Waals surface area contributed by atoms with E-state index >= 15 is 8.78 Å². The SMILES string of the molecule is CC.CC.CC.Cc1ccc(C(=O)O)cc1-c1nc(N2CCC(N3CCC(C)CC3)CC2)nc2c1ccc(=O)n2-c1c(F)cccc1F. The van der Waals surface area contributed by atoms with Crippen molar-refractivity contribution in [1.29, 1.82) is 0 Å². The first-order chi connectivity index (χ1) is 23.2. The lowest BCUT2D eigenvalue weighted by Crippen LogP contribution is -2.48. The van der Waals surface area contributed by atoms with Gasteiger partial charge in [-0.15, -0.1) is 0 Å². The molecule has 2 aliphatic heterocycles. The normalized spacial score (nSPS) is 15.4. The van der Waals surface area contributed by atoms with Crippen LogP contribution in [0, 0.1) is 24.5 Å². The summed E-state index contributed by atoms with van der Waals surface area (Å²) in [4.78, 5) is 39.3. The summed E-state index contributed by atoms with van der Waals surface area (Å²) >= 11 is 0. The summed E-state index contributed by atoms with van der Waals surface area (Å²) in [5, 5.41) is 10.1. The number of nitrogens with zero attached hydrogens (tertiary/aromatic N) is 5. The van der Waals surface area contributed by atoms with Crippen molar-refractivity contribution < 1.29 is 18.7 Å². The molecule has 10 heteroatoms. The predicted octanol–water partition coefficient (Wildman–Crippen LogP) is 8.51. The molecule has 4 aromatic rings. The van der Waals surface area contributed by atoms with E-state index in [-0.39, 0.29) is 11.2 Å². The first-order valence-electron chi connectivity index (χ1n) is 17.4. The van der Waals surface area contributed by atoms with Crippen LogP contribution in [0.5, 0.6) is 0 Å². The van der Waals surface area contributed by atoms with Gasteiger partial charge in [0.1, 0.15) is 17.3 Å². The van der Waals surface area contributed by atoms with E-state index in [1.54, 1.807) is 6.07 Å². The second-order valence-corrected chi connectivity index (χ2v) is 11.5. The third-order valence-corrected chi connectivity index (χ3v) is 8.72. The van der Waals surface area contributed by atoms with E-state index in [2.05, 4.69) is 11.8 Å². The van der Waals surface area contributed by atoms with E-state index in [1.165, 1.54) is 43.2 Å². The van der Waals surface area contributed by atoms with Gasteiger partial charge >= 0.3 is 5.97 Å². The Morgan fingerprint density at radius 2 is 1.44 bits per heavy atom. The van der Waals surface area contributed by atoms with Crippen LogP contribution < -0.4 is 10.5 Å². The van der Waals surface area contributed by atoms with Crippen molar-refractivity contribution in [3.63, 3.8) is 0 Å². The lowest BCUT2D eigenvalue weighted by molar-refractivity contribution is 0.0697. The number of hydrogen-bond donors (Lipinski definition) is 1. The van der Waals surface area contributed by atoms with E-state index in [0.29, 0.717) is 41.7 Å². The lowest BCUT2D eigenvalue weighted by Gasteiger charge is -2.41. The number of carbonyl (C=O) groups is 1. The van der Waals surface area contributed by atoms with Crippen LogP contribution >= 0.6 is 0 Å². The zero-order valence-corrected chi connectivity index (χ0v) is 29.7. The quantitative estimate of drug-likeness (QED) is 0.229. The van der Waals surface area contributed by atoms with Crippen molar-refractivity contribution in [3.8, 4) is 16.9 Å². The number of benzene rings is 2. The minimum atomic E-state index is -1.09. The van der Waals surface area contributed by atoms with Crippen molar-refractivity contribution in [3.05, 3.63) is 81.6 Å². The highest BCUT2D eigenvalue weighted by molar-refractivity contribution is 5.96. The summed E-state index contributed by atoms with van der Waals surface area (Å²) in [5.74, 6) is -1.79. The molecule has 0 spiro atoms. The molecule has 0 amide bonds. The van der Waals surface area contributed by atoms with Crippen LogP contribution in [0.25, 0.3) is 28.0 Å². The molecule has 2 aliphatic rings. The van der Waals surface area contributed by atoms with Gasteiger partial charge in [-0.3, -0.25) is 9.36 Å². The number of piperidine rings is 2. The Bertz CT molecular complexity index is 1710. The summed E-state index contributed by atoms with van der Waals surface area (Å²) in [6, 6.07) is 11.4. The van der Waals surface area contributed by atoms with Gasteiger partial charge in [-0.2, -0.15) is 4.98 Å². The Morgan fingerprint density at radius 1 is 0.833 bits per heavy atom. The number of pyridine rings is 1. The Hall–Kier alpha value is -4.18. The minimum absolute atomic E-state index is 0.0544. The molecule has 0 atom stereocenters. The van der Waals surface area contributed by atoms with Gasteiger partial charge in [-0.25, -0.2) is 18.6 Å². The largest absolute Gasteiger partial charge is 0.478 e. The number of hydrogen-bond acceptors (Lipinski definition) is 6. The number of halogens is 2. The molecule has 0 unspecified atom stereocenters. The fourth-order valence-corrected chi connectivity index (χ4v) is 6.20. The van der Waals surface area contributed by atoms with Gasteiger partial charge in [0.05, 0.1) is 11.3 Å². The van der Waals surface area contributed by atoms with Crippen LogP contribution in [0.3, 0.4) is 0 Å². The van der Waals surface area contributed by atoms with Crippen molar-refractivity contribution >= 4 is 23.0 Å². The number of anilines is 1.